The van der Waals surface area contributed by atoms with Gasteiger partial charge >= 0.3 is 0 Å². The smallest absolute Gasteiger partial charge is 0.131 e. The van der Waals surface area contributed by atoms with E-state index >= 15 is 0 Å². The van der Waals surface area contributed by atoms with Crippen molar-refractivity contribution in [3.63, 3.8) is 0 Å². The summed E-state index contributed by atoms with van der Waals surface area (Å²) >= 11 is 0. The van der Waals surface area contributed by atoms with Crippen LogP contribution < -0.4 is 5.73 Å². The zero-order chi connectivity index (χ0) is 10.1. The molecule has 0 atom stereocenters. The van der Waals surface area contributed by atoms with Gasteiger partial charge in [0.1, 0.15) is 5.69 Å². The Bertz CT molecular complexity index is 460. The SMILES string of the molecule is Cc1nc(-c2cn(C)nn2)ccc1N. The Morgan fingerprint density at radius 1 is 1.29 bits per heavy atom. The maximum Gasteiger partial charge on any atom is 0.131 e. The molecule has 0 radical (unpaired) electrons. The van der Waals surface area contributed by atoms with E-state index < -0.39 is 0 Å². The lowest BCUT2D eigenvalue weighted by molar-refractivity contribution is 0.715. The fourth-order valence-electron chi connectivity index (χ4n) is 1.18. The lowest BCUT2D eigenvalue weighted by Gasteiger charge is -2.00. The summed E-state index contributed by atoms with van der Waals surface area (Å²) in [4.78, 5) is 4.32. The van der Waals surface area contributed by atoms with Crippen LogP contribution in [0.2, 0.25) is 0 Å². The molecule has 0 aliphatic carbocycles. The van der Waals surface area contributed by atoms with Gasteiger partial charge in [-0.1, -0.05) is 5.21 Å². The molecule has 14 heavy (non-hydrogen) atoms. The van der Waals surface area contributed by atoms with Crippen molar-refractivity contribution in [1.82, 2.24) is 20.0 Å². The molecule has 72 valence electrons. The summed E-state index contributed by atoms with van der Waals surface area (Å²) in [5.41, 5.74) is 8.73. The second-order valence-corrected chi connectivity index (χ2v) is 3.15. The van der Waals surface area contributed by atoms with Crippen molar-refractivity contribution < 1.29 is 0 Å². The number of rotatable bonds is 1. The monoisotopic (exact) mass is 189 g/mol. The number of aromatic nitrogens is 4. The third-order valence-electron chi connectivity index (χ3n) is 1.99. The number of hydrogen-bond donors (Lipinski definition) is 1. The van der Waals surface area contributed by atoms with E-state index in [1.165, 1.54) is 0 Å². The van der Waals surface area contributed by atoms with Crippen molar-refractivity contribution in [1.29, 1.82) is 0 Å². The molecule has 2 aromatic rings. The molecule has 2 rings (SSSR count). The molecule has 0 unspecified atom stereocenters. The minimum atomic E-state index is 0.692. The highest BCUT2D eigenvalue weighted by Gasteiger charge is 2.04. The van der Waals surface area contributed by atoms with E-state index in [0.29, 0.717) is 5.69 Å². The van der Waals surface area contributed by atoms with Gasteiger partial charge in [-0.3, -0.25) is 4.68 Å². The van der Waals surface area contributed by atoms with Crippen molar-refractivity contribution in [3.05, 3.63) is 24.0 Å². The maximum absolute atomic E-state index is 5.67. The third kappa shape index (κ3) is 1.44. The number of anilines is 1. The highest BCUT2D eigenvalue weighted by Crippen LogP contribution is 2.16. The fraction of sp³-hybridized carbons (Fsp3) is 0.222. The number of nitrogens with two attached hydrogens (primary N) is 1. The molecule has 0 bridgehead atoms. The predicted octanol–water partition coefficient (Wildman–Crippen LogP) is 0.768. The molecule has 2 N–H and O–H groups in total. The first-order valence-corrected chi connectivity index (χ1v) is 4.26. The van der Waals surface area contributed by atoms with E-state index in [-0.39, 0.29) is 0 Å². The van der Waals surface area contributed by atoms with Crippen LogP contribution in [0.25, 0.3) is 11.4 Å². The van der Waals surface area contributed by atoms with Gasteiger partial charge in [-0.15, -0.1) is 5.10 Å². The molecule has 0 aliphatic heterocycles. The Kier molecular flexibility index (Phi) is 1.92. The molecular weight excluding hydrogens is 178 g/mol. The summed E-state index contributed by atoms with van der Waals surface area (Å²) in [5, 5.41) is 7.81. The minimum absolute atomic E-state index is 0.692. The predicted molar refractivity (Wildman–Crippen MR) is 53.4 cm³/mol. The molecule has 0 spiro atoms. The minimum Gasteiger partial charge on any atom is -0.397 e. The molecule has 0 aliphatic rings. The first-order valence-electron chi connectivity index (χ1n) is 4.26. The number of nitrogen functional groups attached to an aromatic ring is 1. The molecule has 5 heteroatoms. The Balaban J connectivity index is 2.47. The van der Waals surface area contributed by atoms with Gasteiger partial charge in [0.05, 0.1) is 23.3 Å². The third-order valence-corrected chi connectivity index (χ3v) is 1.99. The van der Waals surface area contributed by atoms with Crippen molar-refractivity contribution in [3.8, 4) is 11.4 Å². The average molecular weight is 189 g/mol. The summed E-state index contributed by atoms with van der Waals surface area (Å²) in [6, 6.07) is 3.67. The largest absolute Gasteiger partial charge is 0.397 e. The van der Waals surface area contributed by atoms with Crippen LogP contribution in [-0.4, -0.2) is 20.0 Å². The van der Waals surface area contributed by atoms with Gasteiger partial charge in [0.25, 0.3) is 0 Å². The molecular formula is C9H11N5. The van der Waals surface area contributed by atoms with Crippen LogP contribution in [0.1, 0.15) is 5.69 Å². The summed E-state index contributed by atoms with van der Waals surface area (Å²) in [6.07, 6.45) is 1.82. The number of pyridine rings is 1. The average Bonchev–Trinajstić information content (AvgIpc) is 2.57. The van der Waals surface area contributed by atoms with Gasteiger partial charge in [-0.05, 0) is 19.1 Å². The molecule has 5 nitrogen and oxygen atoms in total. The second kappa shape index (κ2) is 3.10. The molecule has 0 saturated heterocycles. The van der Waals surface area contributed by atoms with Crippen LogP contribution in [0, 0.1) is 6.92 Å². The number of hydrogen-bond acceptors (Lipinski definition) is 4. The van der Waals surface area contributed by atoms with Crippen molar-refractivity contribution >= 4 is 5.69 Å². The molecule has 0 amide bonds. The Labute approximate surface area is 81.6 Å². The van der Waals surface area contributed by atoms with Gasteiger partial charge in [-0.25, -0.2) is 4.98 Å². The molecule has 0 fully saturated rings. The normalized spacial score (nSPS) is 10.4. The van der Waals surface area contributed by atoms with Crippen LogP contribution in [0.3, 0.4) is 0 Å². The second-order valence-electron chi connectivity index (χ2n) is 3.15. The quantitative estimate of drug-likeness (QED) is 0.719. The number of nitrogens with zero attached hydrogens (tertiary/aromatic N) is 4. The highest BCUT2D eigenvalue weighted by atomic mass is 15.4. The van der Waals surface area contributed by atoms with E-state index in [1.54, 1.807) is 4.68 Å². The molecule has 0 aromatic carbocycles. The zero-order valence-corrected chi connectivity index (χ0v) is 8.10. The van der Waals surface area contributed by atoms with Crippen LogP contribution in [0.5, 0.6) is 0 Å². The molecule has 2 aromatic heterocycles. The lowest BCUT2D eigenvalue weighted by atomic mass is 10.2. The highest BCUT2D eigenvalue weighted by molar-refractivity contribution is 5.56. The summed E-state index contributed by atoms with van der Waals surface area (Å²) in [6.45, 7) is 1.87. The van der Waals surface area contributed by atoms with Crippen LogP contribution in [-0.2, 0) is 7.05 Å². The van der Waals surface area contributed by atoms with E-state index in [9.17, 15) is 0 Å². The first-order chi connectivity index (χ1) is 6.66. The first kappa shape index (κ1) is 8.68. The van der Waals surface area contributed by atoms with Crippen molar-refractivity contribution in [2.45, 2.75) is 6.92 Å². The van der Waals surface area contributed by atoms with Crippen LogP contribution in [0.15, 0.2) is 18.3 Å². The van der Waals surface area contributed by atoms with Crippen LogP contribution in [0.4, 0.5) is 5.69 Å². The van der Waals surface area contributed by atoms with Gasteiger partial charge in [0, 0.05) is 7.05 Å². The van der Waals surface area contributed by atoms with Crippen molar-refractivity contribution in [2.75, 3.05) is 5.73 Å². The van der Waals surface area contributed by atoms with E-state index in [4.69, 9.17) is 5.73 Å². The summed E-state index contributed by atoms with van der Waals surface area (Å²) in [5.74, 6) is 0. The van der Waals surface area contributed by atoms with Crippen molar-refractivity contribution in [2.24, 2.45) is 7.05 Å². The zero-order valence-electron chi connectivity index (χ0n) is 8.10. The van der Waals surface area contributed by atoms with Gasteiger partial charge in [0.15, 0.2) is 0 Å². The topological polar surface area (TPSA) is 69.6 Å². The summed E-state index contributed by atoms with van der Waals surface area (Å²) in [7, 11) is 1.82. The van der Waals surface area contributed by atoms with E-state index in [0.717, 1.165) is 17.1 Å². The van der Waals surface area contributed by atoms with Gasteiger partial charge < -0.3 is 5.73 Å². The Morgan fingerprint density at radius 2 is 2.07 bits per heavy atom. The molecule has 0 saturated carbocycles. The standard InChI is InChI=1S/C9H11N5/c1-6-7(10)3-4-8(11-6)9-5-14(2)13-12-9/h3-5H,10H2,1-2H3. The maximum atomic E-state index is 5.67. The number of aryl methyl sites for hydroxylation is 2. The fourth-order valence-corrected chi connectivity index (χ4v) is 1.18. The van der Waals surface area contributed by atoms with Gasteiger partial charge in [0.2, 0.25) is 0 Å². The summed E-state index contributed by atoms with van der Waals surface area (Å²) < 4.78 is 1.64. The Morgan fingerprint density at radius 3 is 2.64 bits per heavy atom. The van der Waals surface area contributed by atoms with Gasteiger partial charge in [-0.2, -0.15) is 0 Å². The molecule has 2 heterocycles. The van der Waals surface area contributed by atoms with E-state index in [2.05, 4.69) is 15.3 Å². The Hall–Kier alpha value is -1.91. The lowest BCUT2D eigenvalue weighted by Crippen LogP contribution is -1.94. The van der Waals surface area contributed by atoms with Crippen LogP contribution >= 0.6 is 0 Å². The van der Waals surface area contributed by atoms with E-state index in [1.807, 2.05) is 32.3 Å².